The van der Waals surface area contributed by atoms with Gasteiger partial charge >= 0.3 is 0 Å². The smallest absolute Gasteiger partial charge is 0.102 e. The fraction of sp³-hybridized carbons (Fsp3) is 0.200. The van der Waals surface area contributed by atoms with Crippen molar-refractivity contribution in [2.45, 2.75) is 19.4 Å². The first-order valence-electron chi connectivity index (χ1n) is 6.17. The zero-order valence-electron chi connectivity index (χ0n) is 10.6. The average Bonchev–Trinajstić information content (AvgIpc) is 2.83. The Morgan fingerprint density at radius 1 is 1.26 bits per heavy atom. The molecule has 0 bridgehead atoms. The molecule has 96 valence electrons. The van der Waals surface area contributed by atoms with E-state index < -0.39 is 6.10 Å². The predicted octanol–water partition coefficient (Wildman–Crippen LogP) is 3.28. The van der Waals surface area contributed by atoms with Gasteiger partial charge in [0, 0.05) is 23.4 Å². The summed E-state index contributed by atoms with van der Waals surface area (Å²) in [6.45, 7) is 1.97. The molecule has 0 spiro atoms. The molecule has 3 nitrogen and oxygen atoms in total. The van der Waals surface area contributed by atoms with Crippen molar-refractivity contribution < 1.29 is 5.11 Å². The number of fused-ring (bicyclic) bond motifs is 1. The molecule has 1 atom stereocenters. The summed E-state index contributed by atoms with van der Waals surface area (Å²) in [7, 11) is 0. The molecule has 1 unspecified atom stereocenters. The van der Waals surface area contributed by atoms with Crippen LogP contribution in [-0.2, 0) is 6.42 Å². The minimum absolute atomic E-state index is 0.505. The average molecular weight is 270 g/mol. The molecule has 2 aromatic heterocycles. The Bertz CT molecular complexity index is 703. The lowest BCUT2D eigenvalue weighted by Crippen LogP contribution is -2.05. The van der Waals surface area contributed by atoms with Crippen LogP contribution in [-0.4, -0.2) is 15.1 Å². The second-order valence-corrected chi connectivity index (χ2v) is 5.56. The summed E-state index contributed by atoms with van der Waals surface area (Å²) in [6.07, 6.45) is 1.63. The van der Waals surface area contributed by atoms with Crippen LogP contribution >= 0.6 is 11.3 Å². The highest BCUT2D eigenvalue weighted by Gasteiger charge is 2.14. The maximum absolute atomic E-state index is 10.4. The molecule has 0 amide bonds. The van der Waals surface area contributed by atoms with E-state index in [-0.39, 0.29) is 0 Å². The standard InChI is InChI=1S/C15H14N2OS/c1-10-17-12(9-19-10)8-14(18)15-13-5-3-2-4-11(13)6-7-16-15/h2-7,9,14,18H,8H2,1H3. The summed E-state index contributed by atoms with van der Waals surface area (Å²) in [5.41, 5.74) is 1.65. The molecule has 2 heterocycles. The molecule has 0 aliphatic carbocycles. The van der Waals surface area contributed by atoms with E-state index in [2.05, 4.69) is 9.97 Å². The van der Waals surface area contributed by atoms with Crippen LogP contribution < -0.4 is 0 Å². The summed E-state index contributed by atoms with van der Waals surface area (Å²) in [5, 5.41) is 15.5. The van der Waals surface area contributed by atoms with Gasteiger partial charge in [-0.15, -0.1) is 11.3 Å². The predicted molar refractivity (Wildman–Crippen MR) is 77.3 cm³/mol. The number of hydrogen-bond donors (Lipinski definition) is 1. The van der Waals surface area contributed by atoms with Crippen molar-refractivity contribution in [2.24, 2.45) is 0 Å². The van der Waals surface area contributed by atoms with Crippen molar-refractivity contribution in [3.05, 3.63) is 58.3 Å². The molecule has 1 N–H and O–H groups in total. The highest BCUT2D eigenvalue weighted by atomic mass is 32.1. The van der Waals surface area contributed by atoms with E-state index in [1.54, 1.807) is 17.5 Å². The highest BCUT2D eigenvalue weighted by molar-refractivity contribution is 7.09. The quantitative estimate of drug-likeness (QED) is 0.794. The van der Waals surface area contributed by atoms with E-state index in [4.69, 9.17) is 0 Å². The van der Waals surface area contributed by atoms with Gasteiger partial charge in [0.25, 0.3) is 0 Å². The van der Waals surface area contributed by atoms with Crippen molar-refractivity contribution in [1.29, 1.82) is 0 Å². The van der Waals surface area contributed by atoms with Gasteiger partial charge in [-0.2, -0.15) is 0 Å². The van der Waals surface area contributed by atoms with Crippen molar-refractivity contribution in [1.82, 2.24) is 9.97 Å². The van der Waals surface area contributed by atoms with Gasteiger partial charge in [-0.05, 0) is 18.4 Å². The molecular weight excluding hydrogens is 256 g/mol. The summed E-state index contributed by atoms with van der Waals surface area (Å²) < 4.78 is 0. The fourth-order valence-corrected chi connectivity index (χ4v) is 2.83. The molecule has 1 aromatic carbocycles. The van der Waals surface area contributed by atoms with Gasteiger partial charge < -0.3 is 5.11 Å². The van der Waals surface area contributed by atoms with Gasteiger partial charge in [0.1, 0.15) is 6.10 Å². The summed E-state index contributed by atoms with van der Waals surface area (Å²) in [6, 6.07) is 9.93. The minimum atomic E-state index is -0.618. The molecule has 3 aromatic rings. The number of benzene rings is 1. The lowest BCUT2D eigenvalue weighted by Gasteiger charge is -2.11. The Labute approximate surface area is 115 Å². The number of aliphatic hydroxyl groups is 1. The van der Waals surface area contributed by atoms with E-state index >= 15 is 0 Å². The first kappa shape index (κ1) is 12.3. The molecule has 4 heteroatoms. The second kappa shape index (κ2) is 5.07. The molecule has 0 aliphatic rings. The molecule has 0 aliphatic heterocycles. The Morgan fingerprint density at radius 3 is 2.89 bits per heavy atom. The summed E-state index contributed by atoms with van der Waals surface area (Å²) in [5.74, 6) is 0. The zero-order chi connectivity index (χ0) is 13.2. The van der Waals surface area contributed by atoms with E-state index in [0.717, 1.165) is 27.2 Å². The lowest BCUT2D eigenvalue weighted by molar-refractivity contribution is 0.174. The largest absolute Gasteiger partial charge is 0.386 e. The Kier molecular flexibility index (Phi) is 3.27. The normalized spacial score (nSPS) is 12.7. The van der Waals surface area contributed by atoms with Crippen LogP contribution in [0.1, 0.15) is 22.5 Å². The molecule has 0 saturated carbocycles. The molecule has 19 heavy (non-hydrogen) atoms. The van der Waals surface area contributed by atoms with Crippen LogP contribution in [0.25, 0.3) is 10.8 Å². The number of rotatable bonds is 3. The van der Waals surface area contributed by atoms with Crippen molar-refractivity contribution in [2.75, 3.05) is 0 Å². The van der Waals surface area contributed by atoms with Crippen LogP contribution in [0.15, 0.2) is 41.9 Å². The third-order valence-electron chi connectivity index (χ3n) is 3.09. The maximum Gasteiger partial charge on any atom is 0.102 e. The number of aryl methyl sites for hydroxylation is 1. The summed E-state index contributed by atoms with van der Waals surface area (Å²) in [4.78, 5) is 8.72. The van der Waals surface area contributed by atoms with E-state index in [1.807, 2.05) is 42.6 Å². The van der Waals surface area contributed by atoms with Gasteiger partial charge in [-0.3, -0.25) is 4.98 Å². The van der Waals surface area contributed by atoms with Crippen LogP contribution in [0.2, 0.25) is 0 Å². The zero-order valence-corrected chi connectivity index (χ0v) is 11.4. The molecule has 3 rings (SSSR count). The highest BCUT2D eigenvalue weighted by Crippen LogP contribution is 2.24. The first-order valence-corrected chi connectivity index (χ1v) is 7.05. The van der Waals surface area contributed by atoms with Crippen LogP contribution in [0.4, 0.5) is 0 Å². The summed E-state index contributed by atoms with van der Waals surface area (Å²) >= 11 is 1.60. The number of pyridine rings is 1. The molecule has 0 fully saturated rings. The molecule has 0 radical (unpaired) electrons. The topological polar surface area (TPSA) is 46.0 Å². The monoisotopic (exact) mass is 270 g/mol. The maximum atomic E-state index is 10.4. The van der Waals surface area contributed by atoms with Crippen LogP contribution in [0.3, 0.4) is 0 Å². The lowest BCUT2D eigenvalue weighted by atomic mass is 10.0. The minimum Gasteiger partial charge on any atom is -0.386 e. The van der Waals surface area contributed by atoms with Gasteiger partial charge in [0.2, 0.25) is 0 Å². The third kappa shape index (κ3) is 2.50. The van der Waals surface area contributed by atoms with Crippen molar-refractivity contribution >= 4 is 22.1 Å². The van der Waals surface area contributed by atoms with Crippen molar-refractivity contribution in [3.8, 4) is 0 Å². The van der Waals surface area contributed by atoms with Gasteiger partial charge in [0.05, 0.1) is 16.4 Å². The Hall–Kier alpha value is -1.78. The number of aromatic nitrogens is 2. The van der Waals surface area contributed by atoms with Crippen molar-refractivity contribution in [3.63, 3.8) is 0 Å². The third-order valence-corrected chi connectivity index (χ3v) is 3.91. The van der Waals surface area contributed by atoms with Crippen LogP contribution in [0, 0.1) is 6.92 Å². The van der Waals surface area contributed by atoms with Gasteiger partial charge in [-0.1, -0.05) is 24.3 Å². The fourth-order valence-electron chi connectivity index (χ4n) is 2.21. The molecule has 0 saturated heterocycles. The SMILES string of the molecule is Cc1nc(CC(O)c2nccc3ccccc23)cs1. The number of thiazole rings is 1. The van der Waals surface area contributed by atoms with E-state index in [1.165, 1.54) is 0 Å². The van der Waals surface area contributed by atoms with Gasteiger partial charge in [-0.25, -0.2) is 4.98 Å². The van der Waals surface area contributed by atoms with Gasteiger partial charge in [0.15, 0.2) is 0 Å². The van der Waals surface area contributed by atoms with E-state index in [0.29, 0.717) is 6.42 Å². The van der Waals surface area contributed by atoms with E-state index in [9.17, 15) is 5.11 Å². The second-order valence-electron chi connectivity index (χ2n) is 4.50. The Morgan fingerprint density at radius 2 is 2.11 bits per heavy atom. The number of hydrogen-bond acceptors (Lipinski definition) is 4. The number of aliphatic hydroxyl groups excluding tert-OH is 1. The van der Waals surface area contributed by atoms with Crippen LogP contribution in [0.5, 0.6) is 0 Å². The molecular formula is C15H14N2OS. The first-order chi connectivity index (χ1) is 9.24. The Balaban J connectivity index is 1.95. The number of nitrogens with zero attached hydrogens (tertiary/aromatic N) is 2.